The maximum Gasteiger partial charge on any atom is 0.277 e. The summed E-state index contributed by atoms with van der Waals surface area (Å²) < 4.78 is 41.8. The van der Waals surface area contributed by atoms with Crippen LogP contribution in [0, 0.1) is 24.5 Å². The topological polar surface area (TPSA) is 61.1 Å². The van der Waals surface area contributed by atoms with Crippen molar-refractivity contribution in [1.82, 2.24) is 14.5 Å². The van der Waals surface area contributed by atoms with Gasteiger partial charge in [-0.1, -0.05) is 11.2 Å². The molecule has 176 valence electrons. The molecule has 0 bridgehead atoms. The van der Waals surface area contributed by atoms with Crippen molar-refractivity contribution in [2.45, 2.75) is 31.9 Å². The van der Waals surface area contributed by atoms with Gasteiger partial charge in [0.2, 0.25) is 0 Å². The molecule has 3 aliphatic heterocycles. The van der Waals surface area contributed by atoms with Crippen LogP contribution >= 0.6 is 0 Å². The van der Waals surface area contributed by atoms with Crippen LogP contribution in [0.3, 0.4) is 0 Å². The number of halogens is 2. The highest BCUT2D eigenvalue weighted by molar-refractivity contribution is 5.87. The van der Waals surface area contributed by atoms with Crippen LogP contribution in [0.2, 0.25) is 0 Å². The van der Waals surface area contributed by atoms with Gasteiger partial charge in [-0.2, -0.15) is 0 Å². The predicted octanol–water partition coefficient (Wildman–Crippen LogP) is 4.31. The summed E-state index contributed by atoms with van der Waals surface area (Å²) in [7, 11) is 1.66. The van der Waals surface area contributed by atoms with E-state index in [1.165, 1.54) is 6.07 Å². The molecule has 1 saturated heterocycles. The second-order valence-electron chi connectivity index (χ2n) is 9.00. The molecule has 6 rings (SSSR count). The Morgan fingerprint density at radius 3 is 2.91 bits per heavy atom. The Morgan fingerprint density at radius 1 is 1.24 bits per heavy atom. The zero-order chi connectivity index (χ0) is 23.4. The Bertz CT molecular complexity index is 1310. The van der Waals surface area contributed by atoms with E-state index in [0.29, 0.717) is 6.54 Å². The van der Waals surface area contributed by atoms with E-state index in [0.717, 1.165) is 53.9 Å². The lowest BCUT2D eigenvalue weighted by Gasteiger charge is -2.38. The fourth-order valence-corrected chi connectivity index (χ4v) is 5.29. The fourth-order valence-electron chi connectivity index (χ4n) is 5.29. The molecular weight excluding hydrogens is 442 g/mol. The summed E-state index contributed by atoms with van der Waals surface area (Å²) in [6, 6.07) is 8.20. The Morgan fingerprint density at radius 2 is 2.12 bits per heavy atom. The minimum Gasteiger partial charge on any atom is -0.495 e. The van der Waals surface area contributed by atoms with Crippen LogP contribution in [0.25, 0.3) is 5.69 Å². The molecule has 0 amide bonds. The van der Waals surface area contributed by atoms with Gasteiger partial charge in [0.1, 0.15) is 28.7 Å². The lowest BCUT2D eigenvalue weighted by molar-refractivity contribution is -0.117. The first kappa shape index (κ1) is 20.9. The highest BCUT2D eigenvalue weighted by atomic mass is 19.1. The van der Waals surface area contributed by atoms with Crippen LogP contribution < -0.4 is 9.47 Å². The molecule has 0 radical (unpaired) electrons. The third kappa shape index (κ3) is 3.13. The van der Waals surface area contributed by atoms with Crippen molar-refractivity contribution >= 4 is 5.84 Å². The number of nitrogens with zero attached hydrogens (tertiary/aromatic N) is 4. The largest absolute Gasteiger partial charge is 0.495 e. The molecule has 0 aliphatic carbocycles. The number of methoxy groups -OCH3 is 1. The van der Waals surface area contributed by atoms with Crippen molar-refractivity contribution in [3.8, 4) is 17.2 Å². The first-order valence-electron chi connectivity index (χ1n) is 11.3. The number of piperidine rings is 1. The van der Waals surface area contributed by atoms with E-state index in [1.807, 2.05) is 34.7 Å². The summed E-state index contributed by atoms with van der Waals surface area (Å²) in [6.07, 6.45) is 6.28. The molecule has 3 aromatic rings. The average molecular weight is 466 g/mol. The Hall–Kier alpha value is -3.62. The molecule has 2 aromatic carbocycles. The second kappa shape index (κ2) is 7.72. The van der Waals surface area contributed by atoms with E-state index in [1.54, 1.807) is 13.4 Å². The third-order valence-corrected chi connectivity index (χ3v) is 6.85. The maximum absolute atomic E-state index is 14.8. The number of hydrogen-bond donors (Lipinski definition) is 0. The fraction of sp³-hybridized carbons (Fsp3) is 0.360. The molecule has 1 fully saturated rings. The van der Waals surface area contributed by atoms with E-state index >= 15 is 0 Å². The molecule has 34 heavy (non-hydrogen) atoms. The van der Waals surface area contributed by atoms with E-state index < -0.39 is 17.4 Å². The zero-order valence-electron chi connectivity index (χ0n) is 18.9. The molecule has 4 heterocycles. The molecule has 0 saturated carbocycles. The number of imidazole rings is 1. The number of amidine groups is 1. The Kier molecular flexibility index (Phi) is 4.75. The van der Waals surface area contributed by atoms with Crippen molar-refractivity contribution in [2.24, 2.45) is 11.1 Å². The van der Waals surface area contributed by atoms with Gasteiger partial charge in [0.05, 0.1) is 24.8 Å². The Labute approximate surface area is 195 Å². The van der Waals surface area contributed by atoms with Crippen LogP contribution in [0.4, 0.5) is 8.78 Å². The third-order valence-electron chi connectivity index (χ3n) is 6.85. The summed E-state index contributed by atoms with van der Waals surface area (Å²) in [5.41, 5.74) is 1.99. The van der Waals surface area contributed by atoms with Crippen LogP contribution in [-0.2, 0) is 17.0 Å². The lowest BCUT2D eigenvalue weighted by Crippen LogP contribution is -2.52. The van der Waals surface area contributed by atoms with Gasteiger partial charge in [-0.15, -0.1) is 0 Å². The van der Waals surface area contributed by atoms with Crippen molar-refractivity contribution in [3.63, 3.8) is 0 Å². The maximum atomic E-state index is 14.8. The van der Waals surface area contributed by atoms with E-state index in [-0.39, 0.29) is 23.8 Å². The van der Waals surface area contributed by atoms with Crippen molar-refractivity contribution in [3.05, 3.63) is 71.3 Å². The number of fused-ring (bicyclic) bond motifs is 4. The van der Waals surface area contributed by atoms with E-state index in [4.69, 9.17) is 14.3 Å². The molecule has 1 aromatic heterocycles. The first-order chi connectivity index (χ1) is 16.5. The summed E-state index contributed by atoms with van der Waals surface area (Å²) >= 11 is 0. The minimum absolute atomic E-state index is 0.0648. The summed E-state index contributed by atoms with van der Waals surface area (Å²) in [5.74, 6) is 0.441. The van der Waals surface area contributed by atoms with Gasteiger partial charge in [0, 0.05) is 30.8 Å². The molecule has 2 unspecified atom stereocenters. The molecular formula is C25H24F2N4O3. The summed E-state index contributed by atoms with van der Waals surface area (Å²) in [5, 5.41) is 4.40. The van der Waals surface area contributed by atoms with Gasteiger partial charge in [-0.25, -0.2) is 13.8 Å². The van der Waals surface area contributed by atoms with Crippen LogP contribution in [-0.4, -0.2) is 40.5 Å². The second-order valence-corrected chi connectivity index (χ2v) is 9.00. The molecule has 7 nitrogen and oxygen atoms in total. The zero-order valence-corrected chi connectivity index (χ0v) is 18.9. The molecule has 9 heteroatoms. The van der Waals surface area contributed by atoms with Gasteiger partial charge in [-0.3, -0.25) is 0 Å². The van der Waals surface area contributed by atoms with Crippen LogP contribution in [0.5, 0.6) is 11.5 Å². The van der Waals surface area contributed by atoms with Crippen molar-refractivity contribution < 1.29 is 23.1 Å². The standard InChI is InChI=1S/C25H24F2N4O3/c1-15-12-30(14-28-15)20-6-5-16(9-21(20)32-2)8-17-4-3-7-31-24(17)29-34-25(31)13-33-22-11-18(26)10-19(27)23(22)25/h5-6,9-12,14,17H,3-4,7-8,13H2,1-2H3. The number of rotatable bonds is 4. The normalized spacial score (nSPS) is 22.8. The van der Waals surface area contributed by atoms with Crippen molar-refractivity contribution in [1.29, 1.82) is 0 Å². The number of oxime groups is 1. The van der Waals surface area contributed by atoms with Crippen molar-refractivity contribution in [2.75, 3.05) is 20.3 Å². The minimum atomic E-state index is -1.18. The summed E-state index contributed by atoms with van der Waals surface area (Å²) in [6.45, 7) is 2.67. The molecule has 0 N–H and O–H groups in total. The SMILES string of the molecule is COc1cc(CC2CCCN3C2=NOC32COc3cc(F)cc(F)c32)ccc1-n1cnc(C)c1. The smallest absolute Gasteiger partial charge is 0.277 e. The van der Waals surface area contributed by atoms with Gasteiger partial charge in [-0.05, 0) is 43.9 Å². The quantitative estimate of drug-likeness (QED) is 0.574. The highest BCUT2D eigenvalue weighted by Crippen LogP contribution is 2.49. The molecule has 2 atom stereocenters. The Balaban J connectivity index is 1.28. The van der Waals surface area contributed by atoms with E-state index in [9.17, 15) is 8.78 Å². The monoisotopic (exact) mass is 466 g/mol. The number of aryl methyl sites for hydroxylation is 1. The summed E-state index contributed by atoms with van der Waals surface area (Å²) in [4.78, 5) is 12.2. The number of benzene rings is 2. The van der Waals surface area contributed by atoms with E-state index in [2.05, 4.69) is 16.2 Å². The van der Waals surface area contributed by atoms with Gasteiger partial charge in [0.15, 0.2) is 12.4 Å². The molecule has 3 aliphatic rings. The lowest BCUT2D eigenvalue weighted by atomic mass is 9.88. The first-order valence-corrected chi connectivity index (χ1v) is 11.3. The average Bonchev–Trinajstić information content (AvgIpc) is 3.52. The number of hydrogen-bond acceptors (Lipinski definition) is 6. The van der Waals surface area contributed by atoms with Gasteiger partial charge >= 0.3 is 0 Å². The predicted molar refractivity (Wildman–Crippen MR) is 120 cm³/mol. The highest BCUT2D eigenvalue weighted by Gasteiger charge is 2.57. The van der Waals surface area contributed by atoms with Crippen LogP contribution in [0.1, 0.15) is 29.7 Å². The van der Waals surface area contributed by atoms with Crippen LogP contribution in [0.15, 0.2) is 48.0 Å². The number of ether oxygens (including phenoxy) is 2. The van der Waals surface area contributed by atoms with Gasteiger partial charge in [0.25, 0.3) is 5.72 Å². The molecule has 1 spiro atoms. The number of aromatic nitrogens is 2. The van der Waals surface area contributed by atoms with Gasteiger partial charge < -0.3 is 23.8 Å².